The Labute approximate surface area is 202 Å². The third kappa shape index (κ3) is 4.97. The number of nitrogens with zero attached hydrogens (tertiary/aromatic N) is 4. The van der Waals surface area contributed by atoms with Gasteiger partial charge in [-0.1, -0.05) is 13.0 Å². The van der Waals surface area contributed by atoms with E-state index >= 15 is 0 Å². The highest BCUT2D eigenvalue weighted by Crippen LogP contribution is 2.49. The van der Waals surface area contributed by atoms with Crippen LogP contribution < -0.4 is 10.6 Å². The molecule has 34 heavy (non-hydrogen) atoms. The molecule has 0 saturated heterocycles. The molecule has 1 aromatic heterocycles. The number of aromatic nitrogens is 2. The Bertz CT molecular complexity index is 1070. The third-order valence-electron chi connectivity index (χ3n) is 6.83. The largest absolute Gasteiger partial charge is 0.444 e. The second-order valence-corrected chi connectivity index (χ2v) is 10.8. The maximum Gasteiger partial charge on any atom is 0.410 e. The molecule has 8 heteroatoms. The third-order valence-corrected chi connectivity index (χ3v) is 6.83. The lowest BCUT2D eigenvalue weighted by Crippen LogP contribution is -2.51. The smallest absolute Gasteiger partial charge is 0.410 e. The fourth-order valence-electron chi connectivity index (χ4n) is 4.89. The second kappa shape index (κ2) is 9.06. The predicted octanol–water partition coefficient (Wildman–Crippen LogP) is 4.20. The molecular formula is C26H37N5O3. The summed E-state index contributed by atoms with van der Waals surface area (Å²) < 4.78 is 7.23. The van der Waals surface area contributed by atoms with Crippen LogP contribution in [0, 0.1) is 11.8 Å². The van der Waals surface area contributed by atoms with E-state index in [0.29, 0.717) is 19.0 Å². The zero-order chi connectivity index (χ0) is 24.8. The van der Waals surface area contributed by atoms with E-state index in [9.17, 15) is 9.59 Å². The van der Waals surface area contributed by atoms with Crippen LogP contribution >= 0.6 is 0 Å². The molecule has 1 aliphatic carbocycles. The molecule has 2 aliphatic rings. The van der Waals surface area contributed by atoms with Gasteiger partial charge in [-0.3, -0.25) is 9.48 Å². The van der Waals surface area contributed by atoms with Crippen molar-refractivity contribution in [2.75, 3.05) is 18.5 Å². The van der Waals surface area contributed by atoms with E-state index in [0.717, 1.165) is 22.4 Å². The quantitative estimate of drug-likeness (QED) is 0.711. The lowest BCUT2D eigenvalue weighted by Gasteiger charge is -2.44. The first-order valence-corrected chi connectivity index (χ1v) is 12.1. The summed E-state index contributed by atoms with van der Waals surface area (Å²) >= 11 is 0. The minimum atomic E-state index is -0.522. The average Bonchev–Trinajstić information content (AvgIpc) is 3.49. The molecule has 1 aromatic carbocycles. The van der Waals surface area contributed by atoms with Gasteiger partial charge in [0.25, 0.3) is 0 Å². The number of hydrogen-bond acceptors (Lipinski definition) is 5. The number of carbonyl (C=O) groups is 2. The van der Waals surface area contributed by atoms with Crippen molar-refractivity contribution in [3.63, 3.8) is 0 Å². The fraction of sp³-hybridized carbons (Fsp3) is 0.577. The lowest BCUT2D eigenvalue weighted by atomic mass is 9.80. The molecule has 8 nitrogen and oxygen atoms in total. The Balaban J connectivity index is 1.50. The summed E-state index contributed by atoms with van der Waals surface area (Å²) in [6.07, 6.45) is 5.78. The van der Waals surface area contributed by atoms with Gasteiger partial charge >= 0.3 is 6.09 Å². The van der Waals surface area contributed by atoms with Gasteiger partial charge in [-0.25, -0.2) is 4.79 Å². The van der Waals surface area contributed by atoms with Crippen molar-refractivity contribution in [1.29, 1.82) is 0 Å². The zero-order valence-electron chi connectivity index (χ0n) is 21.1. The highest BCUT2D eigenvalue weighted by atomic mass is 16.6. The Morgan fingerprint density at radius 3 is 2.56 bits per heavy atom. The summed E-state index contributed by atoms with van der Waals surface area (Å²) in [4.78, 5) is 28.3. The Kier molecular flexibility index (Phi) is 6.46. The maximum absolute atomic E-state index is 12.6. The molecule has 2 aromatic rings. The van der Waals surface area contributed by atoms with E-state index < -0.39 is 5.60 Å². The van der Waals surface area contributed by atoms with Crippen LogP contribution in [0.4, 0.5) is 10.5 Å². The molecule has 0 spiro atoms. The van der Waals surface area contributed by atoms with Gasteiger partial charge in [0.05, 0.1) is 12.7 Å². The lowest BCUT2D eigenvalue weighted by molar-refractivity contribution is -0.117. The van der Waals surface area contributed by atoms with Crippen molar-refractivity contribution < 1.29 is 14.3 Å². The summed E-state index contributed by atoms with van der Waals surface area (Å²) in [5, 5.41) is 4.47. The number of likely N-dealkylation sites (N-methyl/N-ethyl adjacent to an activating group) is 1. The molecule has 0 radical (unpaired) electrons. The standard InChI is InChI=1S/C26H37N5O3/c1-16-23(27)21-13-19(9-10-22(21)31(17(2)32)24(16)18-7-8-18)20-14-28-30(15-20)12-11-29(6)25(33)34-26(3,4)5/h9-10,13-16,18,23-24H,7-8,11-12,27H2,1-6H3/t16-,23+,24+/m0/s1. The molecule has 0 unspecified atom stereocenters. The number of hydrogen-bond donors (Lipinski definition) is 1. The molecule has 3 atom stereocenters. The van der Waals surface area contributed by atoms with Crippen LogP contribution in [0.15, 0.2) is 30.6 Å². The molecule has 184 valence electrons. The van der Waals surface area contributed by atoms with Crippen molar-refractivity contribution in [3.8, 4) is 11.1 Å². The predicted molar refractivity (Wildman–Crippen MR) is 132 cm³/mol. The molecule has 2 amide bonds. The minimum Gasteiger partial charge on any atom is -0.444 e. The first kappa shape index (κ1) is 24.3. The fourth-order valence-corrected chi connectivity index (χ4v) is 4.89. The normalized spacial score (nSPS) is 22.3. The number of carbonyl (C=O) groups excluding carboxylic acids is 2. The van der Waals surface area contributed by atoms with Crippen molar-refractivity contribution >= 4 is 17.7 Å². The molecule has 0 bridgehead atoms. The van der Waals surface area contributed by atoms with Crippen molar-refractivity contribution in [3.05, 3.63) is 36.2 Å². The average molecular weight is 468 g/mol. The summed E-state index contributed by atoms with van der Waals surface area (Å²) in [5.41, 5.74) is 10.1. The van der Waals surface area contributed by atoms with Gasteiger partial charge in [0.1, 0.15) is 5.60 Å². The Morgan fingerprint density at radius 2 is 1.94 bits per heavy atom. The highest BCUT2D eigenvalue weighted by molar-refractivity contribution is 5.94. The van der Waals surface area contributed by atoms with Crippen LogP contribution in [-0.2, 0) is 16.1 Å². The summed E-state index contributed by atoms with van der Waals surface area (Å²) in [6, 6.07) is 6.23. The van der Waals surface area contributed by atoms with Crippen LogP contribution in [0.5, 0.6) is 0 Å². The summed E-state index contributed by atoms with van der Waals surface area (Å²) in [5.74, 6) is 0.826. The topological polar surface area (TPSA) is 93.7 Å². The first-order chi connectivity index (χ1) is 16.0. The SMILES string of the molecule is CC(=O)N1c2ccc(-c3cnn(CCN(C)C(=O)OC(C)(C)C)c3)cc2[C@H](N)[C@H](C)[C@@H]1C1CC1. The number of amides is 2. The van der Waals surface area contributed by atoms with E-state index in [4.69, 9.17) is 10.5 Å². The zero-order valence-corrected chi connectivity index (χ0v) is 21.1. The van der Waals surface area contributed by atoms with Crippen LogP contribution in [0.25, 0.3) is 11.1 Å². The molecule has 2 N–H and O–H groups in total. The van der Waals surface area contributed by atoms with Crippen LogP contribution in [-0.4, -0.2) is 51.9 Å². The molecule has 1 fully saturated rings. The van der Waals surface area contributed by atoms with Crippen LogP contribution in [0.3, 0.4) is 0 Å². The number of rotatable bonds is 5. The summed E-state index contributed by atoms with van der Waals surface area (Å²) in [6.45, 7) is 10.4. The Hall–Kier alpha value is -2.87. The second-order valence-electron chi connectivity index (χ2n) is 10.8. The monoisotopic (exact) mass is 467 g/mol. The van der Waals surface area contributed by atoms with E-state index in [2.05, 4.69) is 18.1 Å². The maximum atomic E-state index is 12.6. The van der Waals surface area contributed by atoms with Crippen molar-refractivity contribution in [1.82, 2.24) is 14.7 Å². The van der Waals surface area contributed by atoms with Gasteiger partial charge in [-0.2, -0.15) is 5.10 Å². The van der Waals surface area contributed by atoms with Gasteiger partial charge in [0.15, 0.2) is 0 Å². The van der Waals surface area contributed by atoms with Gasteiger partial charge in [0.2, 0.25) is 5.91 Å². The molecule has 1 aliphatic heterocycles. The van der Waals surface area contributed by atoms with Crippen LogP contribution in [0.1, 0.15) is 59.1 Å². The van der Waals surface area contributed by atoms with E-state index in [1.807, 2.05) is 54.9 Å². The van der Waals surface area contributed by atoms with Gasteiger partial charge in [-0.05, 0) is 68.7 Å². The van der Waals surface area contributed by atoms with Gasteiger partial charge in [-0.15, -0.1) is 0 Å². The van der Waals surface area contributed by atoms with Crippen LogP contribution in [0.2, 0.25) is 0 Å². The number of ether oxygens (including phenoxy) is 1. The van der Waals surface area contributed by atoms with Crippen molar-refractivity contribution in [2.24, 2.45) is 17.6 Å². The Morgan fingerprint density at radius 1 is 1.24 bits per heavy atom. The number of benzene rings is 1. The van der Waals surface area contributed by atoms with E-state index in [-0.39, 0.29) is 30.0 Å². The van der Waals surface area contributed by atoms with Crippen molar-refractivity contribution in [2.45, 2.75) is 71.7 Å². The molecule has 1 saturated carbocycles. The van der Waals surface area contributed by atoms with Gasteiger partial charge in [0, 0.05) is 50.0 Å². The molecule has 4 rings (SSSR count). The number of nitrogens with two attached hydrogens (primary N) is 1. The first-order valence-electron chi connectivity index (χ1n) is 12.1. The summed E-state index contributed by atoms with van der Waals surface area (Å²) in [7, 11) is 1.72. The number of anilines is 1. The minimum absolute atomic E-state index is 0.0755. The molecule has 2 heterocycles. The van der Waals surface area contributed by atoms with Gasteiger partial charge < -0.3 is 20.3 Å². The van der Waals surface area contributed by atoms with E-state index in [1.54, 1.807) is 18.9 Å². The highest BCUT2D eigenvalue weighted by Gasteiger charge is 2.46. The van der Waals surface area contributed by atoms with E-state index in [1.165, 1.54) is 12.8 Å². The number of fused-ring (bicyclic) bond motifs is 1. The molecular weight excluding hydrogens is 430 g/mol.